The van der Waals surface area contributed by atoms with Gasteiger partial charge in [0, 0.05) is 6.04 Å². The number of hydrogen-bond donors (Lipinski definition) is 0. The summed E-state index contributed by atoms with van der Waals surface area (Å²) in [6.07, 6.45) is 1.28. The molecule has 2 aromatic rings. The third kappa shape index (κ3) is 3.92. The van der Waals surface area contributed by atoms with E-state index >= 15 is 0 Å². The van der Waals surface area contributed by atoms with E-state index in [1.54, 1.807) is 0 Å². The summed E-state index contributed by atoms with van der Waals surface area (Å²) in [5.41, 5.74) is 1.23. The van der Waals surface area contributed by atoms with Gasteiger partial charge in [-0.15, -0.1) is 0 Å². The van der Waals surface area contributed by atoms with Crippen molar-refractivity contribution in [2.75, 3.05) is 16.7 Å². The lowest BCUT2D eigenvalue weighted by Crippen LogP contribution is -2.44. The largest absolute Gasteiger partial charge is 0.492 e. The van der Waals surface area contributed by atoms with Crippen LogP contribution in [0.1, 0.15) is 18.9 Å². The fraction of sp³-hybridized carbons (Fsp3) is 0.333. The van der Waals surface area contributed by atoms with Crippen LogP contribution in [0.15, 0.2) is 42.5 Å². The lowest BCUT2D eigenvalue weighted by molar-refractivity contribution is 0.340. The van der Waals surface area contributed by atoms with Crippen molar-refractivity contribution in [1.82, 2.24) is 0 Å². The molecule has 1 unspecified atom stereocenters. The number of aryl methyl sites for hydroxylation is 1. The first-order chi connectivity index (χ1) is 11.9. The standard InChI is InChI=1S/C18H19F2NO3S/c1-13-2-3-14-12-16(20)6-9-18(14)21(13)25(22,23)11-10-24-17-7-4-15(19)5-8-17/h4-9,12-13H,2-3,10-11H2,1H3. The Morgan fingerprint density at radius 1 is 1.12 bits per heavy atom. The monoisotopic (exact) mass is 367 g/mol. The highest BCUT2D eigenvalue weighted by Crippen LogP contribution is 2.33. The summed E-state index contributed by atoms with van der Waals surface area (Å²) in [7, 11) is -3.63. The smallest absolute Gasteiger partial charge is 0.238 e. The molecule has 0 N–H and O–H groups in total. The van der Waals surface area contributed by atoms with Gasteiger partial charge in [-0.3, -0.25) is 4.31 Å². The van der Waals surface area contributed by atoms with Crippen LogP contribution in [0.4, 0.5) is 14.5 Å². The molecule has 1 heterocycles. The average molecular weight is 367 g/mol. The molecule has 25 heavy (non-hydrogen) atoms. The van der Waals surface area contributed by atoms with Gasteiger partial charge in [0.25, 0.3) is 0 Å². The van der Waals surface area contributed by atoms with Crippen LogP contribution >= 0.6 is 0 Å². The maximum absolute atomic E-state index is 13.4. The Kier molecular flexibility index (Phi) is 4.94. The number of fused-ring (bicyclic) bond motifs is 1. The van der Waals surface area contributed by atoms with Gasteiger partial charge in [-0.25, -0.2) is 17.2 Å². The van der Waals surface area contributed by atoms with Crippen molar-refractivity contribution in [1.29, 1.82) is 0 Å². The first kappa shape index (κ1) is 17.7. The minimum atomic E-state index is -3.63. The van der Waals surface area contributed by atoms with Gasteiger partial charge >= 0.3 is 0 Å². The molecule has 0 aliphatic carbocycles. The lowest BCUT2D eigenvalue weighted by atomic mass is 9.99. The molecule has 134 valence electrons. The van der Waals surface area contributed by atoms with Crippen molar-refractivity contribution < 1.29 is 21.9 Å². The van der Waals surface area contributed by atoms with E-state index in [2.05, 4.69) is 0 Å². The Hall–Kier alpha value is -2.15. The molecular weight excluding hydrogens is 348 g/mol. The number of ether oxygens (including phenoxy) is 1. The maximum Gasteiger partial charge on any atom is 0.238 e. The number of nitrogens with zero attached hydrogens (tertiary/aromatic N) is 1. The van der Waals surface area contributed by atoms with E-state index < -0.39 is 10.0 Å². The summed E-state index contributed by atoms with van der Waals surface area (Å²) in [6, 6.07) is 9.37. The Morgan fingerprint density at radius 3 is 2.52 bits per heavy atom. The van der Waals surface area contributed by atoms with Gasteiger partial charge < -0.3 is 4.74 Å². The topological polar surface area (TPSA) is 46.6 Å². The van der Waals surface area contributed by atoms with E-state index in [9.17, 15) is 17.2 Å². The van der Waals surface area contributed by atoms with Gasteiger partial charge in [-0.1, -0.05) is 0 Å². The van der Waals surface area contributed by atoms with E-state index in [0.717, 1.165) is 0 Å². The van der Waals surface area contributed by atoms with E-state index in [1.165, 1.54) is 46.8 Å². The second-order valence-electron chi connectivity index (χ2n) is 6.07. The molecule has 0 saturated carbocycles. The van der Waals surface area contributed by atoms with Crippen LogP contribution in [0.2, 0.25) is 0 Å². The van der Waals surface area contributed by atoms with Crippen molar-refractivity contribution in [3.63, 3.8) is 0 Å². The Bertz CT molecular complexity index is 853. The quantitative estimate of drug-likeness (QED) is 0.812. The van der Waals surface area contributed by atoms with E-state index in [-0.39, 0.29) is 30.0 Å². The van der Waals surface area contributed by atoms with Crippen molar-refractivity contribution in [2.24, 2.45) is 0 Å². The molecule has 4 nitrogen and oxygen atoms in total. The van der Waals surface area contributed by atoms with Gasteiger partial charge in [-0.2, -0.15) is 0 Å². The first-order valence-electron chi connectivity index (χ1n) is 8.06. The number of halogens is 2. The van der Waals surface area contributed by atoms with Crippen LogP contribution in [0.25, 0.3) is 0 Å². The fourth-order valence-corrected chi connectivity index (χ4v) is 4.63. The SMILES string of the molecule is CC1CCc2cc(F)ccc2N1S(=O)(=O)CCOc1ccc(F)cc1. The zero-order chi connectivity index (χ0) is 18.0. The summed E-state index contributed by atoms with van der Waals surface area (Å²) in [6.45, 7) is 1.79. The van der Waals surface area contributed by atoms with Crippen LogP contribution in [-0.2, 0) is 16.4 Å². The predicted octanol–water partition coefficient (Wildman–Crippen LogP) is 3.51. The third-order valence-corrected chi connectivity index (χ3v) is 6.07. The molecule has 0 spiro atoms. The average Bonchev–Trinajstić information content (AvgIpc) is 2.56. The first-order valence-corrected chi connectivity index (χ1v) is 9.66. The van der Waals surface area contributed by atoms with Crippen molar-refractivity contribution in [3.8, 4) is 5.75 Å². The molecule has 7 heteroatoms. The summed E-state index contributed by atoms with van der Waals surface area (Å²) in [4.78, 5) is 0. The fourth-order valence-electron chi connectivity index (χ4n) is 3.01. The minimum absolute atomic E-state index is 0.0479. The molecule has 0 fully saturated rings. The molecule has 0 amide bonds. The summed E-state index contributed by atoms with van der Waals surface area (Å²) < 4.78 is 58.6. The number of sulfonamides is 1. The van der Waals surface area contributed by atoms with E-state index in [1.807, 2.05) is 6.92 Å². The summed E-state index contributed by atoms with van der Waals surface area (Å²) in [5, 5.41) is 0. The number of hydrogen-bond acceptors (Lipinski definition) is 3. The molecule has 1 aliphatic heterocycles. The number of benzene rings is 2. The van der Waals surface area contributed by atoms with Gasteiger partial charge in [0.05, 0.1) is 5.69 Å². The minimum Gasteiger partial charge on any atom is -0.492 e. The lowest BCUT2D eigenvalue weighted by Gasteiger charge is -2.36. The number of anilines is 1. The van der Waals surface area contributed by atoms with Gasteiger partial charge in [0.2, 0.25) is 10.0 Å². The van der Waals surface area contributed by atoms with Crippen LogP contribution in [-0.4, -0.2) is 26.8 Å². The highest BCUT2D eigenvalue weighted by molar-refractivity contribution is 7.92. The normalized spacial score (nSPS) is 17.2. The second-order valence-corrected chi connectivity index (χ2v) is 8.04. The maximum atomic E-state index is 13.4. The Balaban J connectivity index is 1.74. The predicted molar refractivity (Wildman–Crippen MR) is 92.3 cm³/mol. The van der Waals surface area contributed by atoms with E-state index in [4.69, 9.17) is 4.74 Å². The molecule has 3 rings (SSSR count). The molecule has 1 atom stereocenters. The molecule has 2 aromatic carbocycles. The molecule has 0 radical (unpaired) electrons. The van der Waals surface area contributed by atoms with Gasteiger partial charge in [0.15, 0.2) is 0 Å². The molecule has 0 bridgehead atoms. The summed E-state index contributed by atoms with van der Waals surface area (Å²) in [5.74, 6) is -0.562. The Morgan fingerprint density at radius 2 is 1.80 bits per heavy atom. The van der Waals surface area contributed by atoms with Crippen LogP contribution < -0.4 is 9.04 Å². The third-order valence-electron chi connectivity index (χ3n) is 4.23. The highest BCUT2D eigenvalue weighted by Gasteiger charge is 2.32. The van der Waals surface area contributed by atoms with E-state index in [0.29, 0.717) is 29.8 Å². The Labute approximate surface area is 146 Å². The molecular formula is C18H19F2NO3S. The van der Waals surface area contributed by atoms with Crippen LogP contribution in [0.3, 0.4) is 0 Å². The zero-order valence-corrected chi connectivity index (χ0v) is 14.6. The molecule has 1 aliphatic rings. The molecule has 0 aromatic heterocycles. The zero-order valence-electron chi connectivity index (χ0n) is 13.8. The van der Waals surface area contributed by atoms with Gasteiger partial charge in [0.1, 0.15) is 29.7 Å². The van der Waals surface area contributed by atoms with Gasteiger partial charge in [-0.05, 0) is 67.8 Å². The highest BCUT2D eigenvalue weighted by atomic mass is 32.2. The van der Waals surface area contributed by atoms with Crippen molar-refractivity contribution in [2.45, 2.75) is 25.8 Å². The van der Waals surface area contributed by atoms with Crippen LogP contribution in [0.5, 0.6) is 5.75 Å². The van der Waals surface area contributed by atoms with Crippen molar-refractivity contribution in [3.05, 3.63) is 59.7 Å². The van der Waals surface area contributed by atoms with Crippen LogP contribution in [0, 0.1) is 11.6 Å². The summed E-state index contributed by atoms with van der Waals surface area (Å²) >= 11 is 0. The second kappa shape index (κ2) is 7.00. The molecule has 0 saturated heterocycles. The van der Waals surface area contributed by atoms with Crippen molar-refractivity contribution >= 4 is 15.7 Å². The number of rotatable bonds is 5.